The number of amides is 1. The molecule has 0 unspecified atom stereocenters. The molecule has 2 aliphatic rings. The predicted molar refractivity (Wildman–Crippen MR) is 126 cm³/mol. The zero-order chi connectivity index (χ0) is 25.0. The summed E-state index contributed by atoms with van der Waals surface area (Å²) in [6, 6.07) is 4.16. The molecule has 3 N–H and O–H groups in total. The van der Waals surface area contributed by atoms with Gasteiger partial charge in [-0.25, -0.2) is 13.8 Å². The second-order valence-corrected chi connectivity index (χ2v) is 9.33. The fourth-order valence-electron chi connectivity index (χ4n) is 4.62. The molecule has 186 valence electrons. The normalized spacial score (nSPS) is 23.4. The minimum absolute atomic E-state index is 0.123. The highest BCUT2D eigenvalue weighted by Crippen LogP contribution is 2.44. The summed E-state index contributed by atoms with van der Waals surface area (Å²) in [4.78, 5) is 30.5. The Balaban J connectivity index is 1.44. The van der Waals surface area contributed by atoms with Gasteiger partial charge in [-0.2, -0.15) is 9.61 Å². The lowest BCUT2D eigenvalue weighted by atomic mass is 9.76. The van der Waals surface area contributed by atoms with Crippen molar-refractivity contribution >= 4 is 28.9 Å². The van der Waals surface area contributed by atoms with Crippen molar-refractivity contribution in [2.24, 2.45) is 0 Å². The molecule has 3 heterocycles. The van der Waals surface area contributed by atoms with E-state index in [0.717, 1.165) is 12.8 Å². The van der Waals surface area contributed by atoms with Crippen LogP contribution >= 0.6 is 0 Å². The number of alkyl halides is 2. The molecule has 12 heteroatoms. The van der Waals surface area contributed by atoms with Crippen molar-refractivity contribution in [3.8, 4) is 0 Å². The summed E-state index contributed by atoms with van der Waals surface area (Å²) in [5, 5.41) is 13.3. The van der Waals surface area contributed by atoms with Gasteiger partial charge in [-0.15, -0.1) is 0 Å². The van der Waals surface area contributed by atoms with Crippen molar-refractivity contribution in [3.63, 3.8) is 0 Å². The number of nitrogens with one attached hydrogen (secondary N) is 3. The Morgan fingerprint density at radius 1 is 1.31 bits per heavy atom. The zero-order valence-electron chi connectivity index (χ0n) is 19.6. The van der Waals surface area contributed by atoms with Gasteiger partial charge >= 0.3 is 0 Å². The number of hydrogen-bond acceptors (Lipinski definition) is 7. The fourth-order valence-corrected chi connectivity index (χ4v) is 4.62. The number of pyridine rings is 1. The average Bonchev–Trinajstić information content (AvgIpc) is 3.24. The zero-order valence-corrected chi connectivity index (χ0v) is 19.6. The molecule has 3 aromatic rings. The number of carbonyl (C=O) groups excluding carboxylic acids is 1. The van der Waals surface area contributed by atoms with Gasteiger partial charge in [-0.3, -0.25) is 9.59 Å². The van der Waals surface area contributed by atoms with Crippen LogP contribution in [0.2, 0.25) is 0 Å². The van der Waals surface area contributed by atoms with Crippen LogP contribution in [0.4, 0.5) is 26.1 Å². The number of halogens is 2. The van der Waals surface area contributed by atoms with Crippen LogP contribution in [-0.4, -0.2) is 56.8 Å². The summed E-state index contributed by atoms with van der Waals surface area (Å²) < 4.78 is 35.0. The number of ether oxygens (including phenoxy) is 1. The molecule has 10 nitrogen and oxygen atoms in total. The van der Waals surface area contributed by atoms with Gasteiger partial charge in [-0.05, 0) is 31.9 Å². The highest BCUT2D eigenvalue weighted by molar-refractivity contribution is 6.00. The van der Waals surface area contributed by atoms with Crippen LogP contribution in [0.3, 0.4) is 0 Å². The average molecular weight is 488 g/mol. The van der Waals surface area contributed by atoms with E-state index in [1.54, 1.807) is 32.4 Å². The van der Waals surface area contributed by atoms with E-state index < -0.39 is 23.1 Å². The molecule has 5 rings (SSSR count). The Hall–Kier alpha value is -3.54. The summed E-state index contributed by atoms with van der Waals surface area (Å²) in [6.45, 7) is 1.95. The van der Waals surface area contributed by atoms with E-state index in [1.165, 1.54) is 21.5 Å². The standard InChI is InChI=1S/C23H27F2N7O3/c1-22(35-3)7-6-16(22)29-20(33)14-12-27-32-18(26-2)9-17(30-19(14)32)28-15-5-4-8-31(21(15)34)13-10-23(24,25)11-13/h4-5,8-9,12-13,16,26H,6-7,10-11H2,1-3H3,(H,28,30)(H,29,33)/t16-,22-/m0/s1. The van der Waals surface area contributed by atoms with Crippen molar-refractivity contribution in [3.05, 3.63) is 46.5 Å². The number of hydrogen-bond donors (Lipinski definition) is 3. The second kappa shape index (κ2) is 8.29. The van der Waals surface area contributed by atoms with Crippen LogP contribution in [0, 0.1) is 0 Å². The minimum Gasteiger partial charge on any atom is -0.376 e. The summed E-state index contributed by atoms with van der Waals surface area (Å²) in [5.74, 6) is -2.22. The first-order valence-electron chi connectivity index (χ1n) is 11.4. The minimum atomic E-state index is -2.74. The van der Waals surface area contributed by atoms with Crippen LogP contribution < -0.4 is 21.5 Å². The van der Waals surface area contributed by atoms with Crippen molar-refractivity contribution in [2.45, 2.75) is 56.2 Å². The lowest BCUT2D eigenvalue weighted by Crippen LogP contribution is -2.59. The topological polar surface area (TPSA) is 115 Å². The van der Waals surface area contributed by atoms with Crippen molar-refractivity contribution < 1.29 is 18.3 Å². The van der Waals surface area contributed by atoms with Crippen LogP contribution in [0.1, 0.15) is 49.0 Å². The van der Waals surface area contributed by atoms with Crippen molar-refractivity contribution in [1.82, 2.24) is 24.5 Å². The Kier molecular flexibility index (Phi) is 5.50. The van der Waals surface area contributed by atoms with Crippen molar-refractivity contribution in [2.75, 3.05) is 24.8 Å². The number of anilines is 3. The summed E-state index contributed by atoms with van der Waals surface area (Å²) in [7, 11) is 3.32. The number of methoxy groups -OCH3 is 1. The smallest absolute Gasteiger partial charge is 0.274 e. The van der Waals surface area contributed by atoms with E-state index in [2.05, 4.69) is 26.0 Å². The molecule has 2 fully saturated rings. The lowest BCUT2D eigenvalue weighted by Gasteiger charge is -2.45. The monoisotopic (exact) mass is 487 g/mol. The van der Waals surface area contributed by atoms with E-state index in [-0.39, 0.29) is 36.0 Å². The molecule has 1 amide bonds. The third kappa shape index (κ3) is 4.01. The molecule has 2 atom stereocenters. The first-order valence-corrected chi connectivity index (χ1v) is 11.4. The van der Waals surface area contributed by atoms with E-state index in [4.69, 9.17) is 4.74 Å². The van der Waals surface area contributed by atoms with Crippen LogP contribution in [0.5, 0.6) is 0 Å². The van der Waals surface area contributed by atoms with Gasteiger partial charge in [0, 0.05) is 45.3 Å². The number of nitrogens with zero attached hydrogens (tertiary/aromatic N) is 4. The second-order valence-electron chi connectivity index (χ2n) is 9.33. The molecule has 0 radical (unpaired) electrons. The molecular formula is C23H27F2N7O3. The number of aromatic nitrogens is 4. The van der Waals surface area contributed by atoms with Gasteiger partial charge in [0.15, 0.2) is 5.65 Å². The quantitative estimate of drug-likeness (QED) is 0.469. The van der Waals surface area contributed by atoms with Crippen molar-refractivity contribution in [1.29, 1.82) is 0 Å². The first kappa shape index (κ1) is 23.2. The molecule has 0 aliphatic heterocycles. The number of fused-ring (bicyclic) bond motifs is 1. The van der Waals surface area contributed by atoms with Gasteiger partial charge < -0.3 is 25.3 Å². The molecule has 0 saturated heterocycles. The first-order chi connectivity index (χ1) is 16.6. The fraction of sp³-hybridized carbons (Fsp3) is 0.478. The number of rotatable bonds is 7. The van der Waals surface area contributed by atoms with Gasteiger partial charge in [0.05, 0.1) is 17.8 Å². The highest BCUT2D eigenvalue weighted by Gasteiger charge is 2.46. The van der Waals surface area contributed by atoms with E-state index in [9.17, 15) is 18.4 Å². The molecule has 0 aromatic carbocycles. The van der Waals surface area contributed by atoms with Crippen LogP contribution in [-0.2, 0) is 4.74 Å². The maximum Gasteiger partial charge on any atom is 0.274 e. The Morgan fingerprint density at radius 2 is 2.09 bits per heavy atom. The Bertz CT molecular complexity index is 1340. The third-order valence-electron chi connectivity index (χ3n) is 7.11. The van der Waals surface area contributed by atoms with E-state index in [1.807, 2.05) is 6.92 Å². The Morgan fingerprint density at radius 3 is 2.71 bits per heavy atom. The maximum absolute atomic E-state index is 13.3. The van der Waals surface area contributed by atoms with Crippen LogP contribution in [0.25, 0.3) is 5.65 Å². The van der Waals surface area contributed by atoms with E-state index in [0.29, 0.717) is 17.3 Å². The third-order valence-corrected chi connectivity index (χ3v) is 7.11. The van der Waals surface area contributed by atoms with Gasteiger partial charge in [-0.1, -0.05) is 0 Å². The summed E-state index contributed by atoms with van der Waals surface area (Å²) in [5.41, 5.74) is -0.0664. The van der Waals surface area contributed by atoms with Gasteiger partial charge in [0.25, 0.3) is 17.4 Å². The number of carbonyl (C=O) groups is 1. The molecular weight excluding hydrogens is 460 g/mol. The molecule has 0 spiro atoms. The lowest BCUT2D eigenvalue weighted by molar-refractivity contribution is -0.104. The predicted octanol–water partition coefficient (Wildman–Crippen LogP) is 2.94. The highest BCUT2D eigenvalue weighted by atomic mass is 19.3. The van der Waals surface area contributed by atoms with Gasteiger partial charge in [0.1, 0.15) is 22.9 Å². The summed E-state index contributed by atoms with van der Waals surface area (Å²) >= 11 is 0. The van der Waals surface area contributed by atoms with Crippen LogP contribution in [0.15, 0.2) is 35.4 Å². The largest absolute Gasteiger partial charge is 0.376 e. The molecule has 0 bridgehead atoms. The molecule has 2 saturated carbocycles. The Labute approximate surface area is 199 Å². The summed E-state index contributed by atoms with van der Waals surface area (Å²) in [6.07, 6.45) is 3.90. The van der Waals surface area contributed by atoms with E-state index >= 15 is 0 Å². The molecule has 2 aliphatic carbocycles. The van der Waals surface area contributed by atoms with Gasteiger partial charge in [0.2, 0.25) is 0 Å². The SMILES string of the molecule is CNc1cc(Nc2cccn(C3CC(F)(F)C3)c2=O)nc2c(C(=O)N[C@H]3CC[C@]3(C)OC)cnn12. The maximum atomic E-state index is 13.3. The molecule has 35 heavy (non-hydrogen) atoms. The molecule has 3 aromatic heterocycles.